The van der Waals surface area contributed by atoms with Crippen molar-refractivity contribution in [2.45, 2.75) is 46.2 Å². The number of hydrogen-bond acceptors (Lipinski definition) is 3. The third-order valence-corrected chi connectivity index (χ3v) is 4.28. The summed E-state index contributed by atoms with van der Waals surface area (Å²) in [5, 5.41) is 3.04. The lowest BCUT2D eigenvalue weighted by Gasteiger charge is -2.13. The summed E-state index contributed by atoms with van der Waals surface area (Å²) in [6.45, 7) is 6.98. The van der Waals surface area contributed by atoms with Gasteiger partial charge in [0.15, 0.2) is 0 Å². The molecule has 0 unspecified atom stereocenters. The molecule has 0 bridgehead atoms. The van der Waals surface area contributed by atoms with E-state index in [1.165, 1.54) is 10.4 Å². The fourth-order valence-electron chi connectivity index (χ4n) is 2.20. The number of carbonyl (C=O) groups is 1. The number of carbonyl (C=O) groups excluding carboxylic acids is 1. The number of aromatic nitrogens is 2. The van der Waals surface area contributed by atoms with Gasteiger partial charge in [-0.1, -0.05) is 13.3 Å². The molecule has 0 aliphatic rings. The lowest BCUT2D eigenvalue weighted by molar-refractivity contribution is 0.0941. The van der Waals surface area contributed by atoms with Crippen LogP contribution in [-0.4, -0.2) is 21.5 Å². The average molecular weight is 291 g/mol. The summed E-state index contributed by atoms with van der Waals surface area (Å²) >= 11 is 1.58. The Morgan fingerprint density at radius 2 is 2.35 bits per heavy atom. The van der Waals surface area contributed by atoms with Gasteiger partial charge in [-0.05, 0) is 31.9 Å². The van der Waals surface area contributed by atoms with Crippen LogP contribution < -0.4 is 5.32 Å². The summed E-state index contributed by atoms with van der Waals surface area (Å²) in [6.07, 6.45) is 7.55. The molecule has 0 fully saturated rings. The molecule has 0 saturated heterocycles. The van der Waals surface area contributed by atoms with E-state index in [9.17, 15) is 4.79 Å². The summed E-state index contributed by atoms with van der Waals surface area (Å²) in [5.74, 6) is 0.0214. The van der Waals surface area contributed by atoms with Crippen LogP contribution in [0.2, 0.25) is 0 Å². The van der Waals surface area contributed by atoms with Gasteiger partial charge in [0.2, 0.25) is 0 Å². The van der Waals surface area contributed by atoms with Crippen molar-refractivity contribution in [3.63, 3.8) is 0 Å². The van der Waals surface area contributed by atoms with Crippen LogP contribution in [0.4, 0.5) is 0 Å². The molecule has 2 aromatic rings. The van der Waals surface area contributed by atoms with Crippen molar-refractivity contribution >= 4 is 17.2 Å². The van der Waals surface area contributed by atoms with Gasteiger partial charge < -0.3 is 9.88 Å². The van der Waals surface area contributed by atoms with Gasteiger partial charge in [-0.3, -0.25) is 4.79 Å². The van der Waals surface area contributed by atoms with Gasteiger partial charge in [0.25, 0.3) is 5.91 Å². The molecular weight excluding hydrogens is 270 g/mol. The highest BCUT2D eigenvalue weighted by molar-refractivity contribution is 7.14. The van der Waals surface area contributed by atoms with Gasteiger partial charge in [-0.25, -0.2) is 4.98 Å². The minimum absolute atomic E-state index is 0.0214. The Hall–Kier alpha value is -1.62. The number of thiophene rings is 1. The highest BCUT2D eigenvalue weighted by Crippen LogP contribution is 2.22. The Kier molecular flexibility index (Phi) is 4.95. The summed E-state index contributed by atoms with van der Waals surface area (Å²) in [6, 6.07) is 2.11. The molecule has 20 heavy (non-hydrogen) atoms. The van der Waals surface area contributed by atoms with E-state index >= 15 is 0 Å². The summed E-state index contributed by atoms with van der Waals surface area (Å²) in [7, 11) is 0. The van der Waals surface area contributed by atoms with E-state index < -0.39 is 0 Å². The van der Waals surface area contributed by atoms with Crippen LogP contribution in [0.5, 0.6) is 0 Å². The SMILES string of the molecule is CCCc1cc(C(=O)N[C@@H](C)Cn2ccnc2)sc1C. The highest BCUT2D eigenvalue weighted by Gasteiger charge is 2.14. The Bertz CT molecular complexity index is 560. The number of nitrogens with one attached hydrogen (secondary N) is 1. The first-order valence-corrected chi connectivity index (χ1v) is 7.77. The van der Waals surface area contributed by atoms with Crippen molar-refractivity contribution in [2.24, 2.45) is 0 Å². The second-order valence-corrected chi connectivity index (χ2v) is 6.33. The van der Waals surface area contributed by atoms with E-state index in [1.807, 2.05) is 23.8 Å². The minimum atomic E-state index is 0.0214. The van der Waals surface area contributed by atoms with Gasteiger partial charge in [0.1, 0.15) is 0 Å². The maximum absolute atomic E-state index is 12.2. The van der Waals surface area contributed by atoms with Crippen LogP contribution in [0, 0.1) is 6.92 Å². The first-order chi connectivity index (χ1) is 9.60. The van der Waals surface area contributed by atoms with Crippen molar-refractivity contribution in [3.05, 3.63) is 40.1 Å². The lowest BCUT2D eigenvalue weighted by Crippen LogP contribution is -2.35. The number of amides is 1. The third-order valence-electron chi connectivity index (χ3n) is 3.19. The topological polar surface area (TPSA) is 46.9 Å². The monoisotopic (exact) mass is 291 g/mol. The van der Waals surface area contributed by atoms with E-state index in [1.54, 1.807) is 23.9 Å². The van der Waals surface area contributed by atoms with Gasteiger partial charge in [0, 0.05) is 29.9 Å². The molecule has 2 rings (SSSR count). The average Bonchev–Trinajstić information content (AvgIpc) is 3.00. The number of nitrogens with zero attached hydrogens (tertiary/aromatic N) is 2. The third kappa shape index (κ3) is 3.70. The van der Waals surface area contributed by atoms with E-state index in [0.717, 1.165) is 24.3 Å². The Balaban J connectivity index is 1.95. The van der Waals surface area contributed by atoms with Crippen LogP contribution in [-0.2, 0) is 13.0 Å². The molecule has 1 N–H and O–H groups in total. The number of aryl methyl sites for hydroxylation is 2. The van der Waals surface area contributed by atoms with Crippen molar-refractivity contribution < 1.29 is 4.79 Å². The Morgan fingerprint density at radius 3 is 3.00 bits per heavy atom. The molecule has 108 valence electrons. The number of hydrogen-bond donors (Lipinski definition) is 1. The van der Waals surface area contributed by atoms with Gasteiger partial charge in [-0.15, -0.1) is 11.3 Å². The smallest absolute Gasteiger partial charge is 0.261 e. The van der Waals surface area contributed by atoms with Crippen molar-refractivity contribution in [2.75, 3.05) is 0 Å². The van der Waals surface area contributed by atoms with E-state index in [0.29, 0.717) is 0 Å². The van der Waals surface area contributed by atoms with Crippen molar-refractivity contribution in [1.82, 2.24) is 14.9 Å². The second kappa shape index (κ2) is 6.70. The minimum Gasteiger partial charge on any atom is -0.347 e. The molecule has 0 spiro atoms. The second-order valence-electron chi connectivity index (χ2n) is 5.08. The maximum atomic E-state index is 12.2. The standard InChI is InChI=1S/C15H21N3OS/c1-4-5-13-8-14(20-12(13)3)15(19)17-11(2)9-18-7-6-16-10-18/h6-8,10-11H,4-5,9H2,1-3H3,(H,17,19)/t11-/m0/s1. The molecule has 0 aliphatic carbocycles. The molecule has 2 heterocycles. The van der Waals surface area contributed by atoms with Crippen LogP contribution in [0.15, 0.2) is 24.8 Å². The number of imidazole rings is 1. The largest absolute Gasteiger partial charge is 0.347 e. The number of rotatable bonds is 6. The zero-order chi connectivity index (χ0) is 14.5. The quantitative estimate of drug-likeness (QED) is 0.889. The molecule has 0 aliphatic heterocycles. The first kappa shape index (κ1) is 14.8. The highest BCUT2D eigenvalue weighted by atomic mass is 32.1. The van der Waals surface area contributed by atoms with Gasteiger partial charge >= 0.3 is 0 Å². The fourth-order valence-corrected chi connectivity index (χ4v) is 3.18. The van der Waals surface area contributed by atoms with Crippen LogP contribution >= 0.6 is 11.3 Å². The summed E-state index contributed by atoms with van der Waals surface area (Å²) in [5.41, 5.74) is 1.30. The molecular formula is C15H21N3OS. The van der Waals surface area contributed by atoms with Crippen LogP contribution in [0.1, 0.15) is 40.4 Å². The Labute approximate surface area is 123 Å². The molecule has 0 radical (unpaired) electrons. The van der Waals surface area contributed by atoms with Crippen LogP contribution in [0.25, 0.3) is 0 Å². The fraction of sp³-hybridized carbons (Fsp3) is 0.467. The Morgan fingerprint density at radius 1 is 1.55 bits per heavy atom. The molecule has 0 saturated carbocycles. The zero-order valence-electron chi connectivity index (χ0n) is 12.2. The molecule has 0 aromatic carbocycles. The van der Waals surface area contributed by atoms with Crippen LogP contribution in [0.3, 0.4) is 0 Å². The first-order valence-electron chi connectivity index (χ1n) is 6.96. The van der Waals surface area contributed by atoms with Crippen molar-refractivity contribution in [1.29, 1.82) is 0 Å². The van der Waals surface area contributed by atoms with Gasteiger partial charge in [0.05, 0.1) is 11.2 Å². The molecule has 4 nitrogen and oxygen atoms in total. The lowest BCUT2D eigenvalue weighted by atomic mass is 10.1. The van der Waals surface area contributed by atoms with Crippen molar-refractivity contribution in [3.8, 4) is 0 Å². The maximum Gasteiger partial charge on any atom is 0.261 e. The predicted octanol–water partition coefficient (Wildman–Crippen LogP) is 3.02. The van der Waals surface area contributed by atoms with E-state index in [-0.39, 0.29) is 11.9 Å². The normalized spacial score (nSPS) is 12.3. The molecule has 1 amide bonds. The summed E-state index contributed by atoms with van der Waals surface area (Å²) < 4.78 is 1.97. The van der Waals surface area contributed by atoms with Gasteiger partial charge in [-0.2, -0.15) is 0 Å². The predicted molar refractivity (Wildman–Crippen MR) is 82.2 cm³/mol. The molecule has 2 aromatic heterocycles. The van der Waals surface area contributed by atoms with E-state index in [2.05, 4.69) is 24.1 Å². The van der Waals surface area contributed by atoms with E-state index in [4.69, 9.17) is 0 Å². The zero-order valence-corrected chi connectivity index (χ0v) is 13.0. The summed E-state index contributed by atoms with van der Waals surface area (Å²) in [4.78, 5) is 18.3. The molecule has 5 heteroatoms. The molecule has 1 atom stereocenters.